The zero-order valence-electron chi connectivity index (χ0n) is 10.2. The Morgan fingerprint density at radius 2 is 2.11 bits per heavy atom. The number of terminal acetylenes is 1. The molecule has 0 saturated heterocycles. The van der Waals surface area contributed by atoms with Crippen LogP contribution in [-0.4, -0.2) is 14.7 Å². The van der Waals surface area contributed by atoms with Crippen LogP contribution in [0.3, 0.4) is 0 Å². The molecule has 0 unspecified atom stereocenters. The molecular weight excluding hydrogens is 263 g/mol. The Hall–Kier alpha value is -1.77. The van der Waals surface area contributed by atoms with Crippen molar-refractivity contribution < 1.29 is 9.50 Å². The first-order valence-electron chi connectivity index (χ1n) is 5.70. The van der Waals surface area contributed by atoms with Gasteiger partial charge in [-0.05, 0) is 17.7 Å². The minimum Gasteiger partial charge on any atom is -0.390 e. The van der Waals surface area contributed by atoms with Crippen LogP contribution < -0.4 is 0 Å². The van der Waals surface area contributed by atoms with Crippen LogP contribution in [0.25, 0.3) is 0 Å². The molecule has 1 heterocycles. The first-order chi connectivity index (χ1) is 9.24. The molecule has 0 aliphatic rings. The molecule has 0 spiro atoms. The van der Waals surface area contributed by atoms with E-state index in [9.17, 15) is 9.50 Å². The van der Waals surface area contributed by atoms with E-state index in [-0.39, 0.29) is 12.4 Å². The summed E-state index contributed by atoms with van der Waals surface area (Å²) in [5.41, 5.74) is 1.70. The van der Waals surface area contributed by atoms with Gasteiger partial charge in [0, 0.05) is 5.75 Å². The Morgan fingerprint density at radius 3 is 2.74 bits per heavy atom. The van der Waals surface area contributed by atoms with E-state index in [0.717, 1.165) is 10.7 Å². The Balaban J connectivity index is 2.09. The van der Waals surface area contributed by atoms with Crippen LogP contribution >= 0.6 is 11.8 Å². The highest BCUT2D eigenvalue weighted by Gasteiger charge is 2.09. The quantitative estimate of drug-likeness (QED) is 0.673. The Labute approximate surface area is 115 Å². The van der Waals surface area contributed by atoms with Gasteiger partial charge < -0.3 is 9.67 Å². The van der Waals surface area contributed by atoms with Crippen molar-refractivity contribution in [1.29, 1.82) is 0 Å². The fraction of sp³-hybridized carbons (Fsp3) is 0.214. The second-order valence-corrected chi connectivity index (χ2v) is 4.84. The van der Waals surface area contributed by atoms with Crippen LogP contribution in [0.2, 0.25) is 0 Å². The molecular formula is C14H13FN2OS. The molecule has 0 atom stereocenters. The Kier molecular flexibility index (Phi) is 4.61. The number of imidazole rings is 1. The van der Waals surface area contributed by atoms with Crippen molar-refractivity contribution in [2.75, 3.05) is 0 Å². The zero-order chi connectivity index (χ0) is 13.7. The highest BCUT2D eigenvalue weighted by molar-refractivity contribution is 7.98. The van der Waals surface area contributed by atoms with Crippen molar-refractivity contribution in [1.82, 2.24) is 9.55 Å². The topological polar surface area (TPSA) is 38.0 Å². The summed E-state index contributed by atoms with van der Waals surface area (Å²) in [5, 5.41) is 9.95. The summed E-state index contributed by atoms with van der Waals surface area (Å²) in [6.45, 7) is 0.285. The lowest BCUT2D eigenvalue weighted by Gasteiger charge is -2.07. The Bertz CT molecular complexity index is 586. The number of aliphatic hydroxyl groups is 1. The third kappa shape index (κ3) is 3.37. The van der Waals surface area contributed by atoms with E-state index >= 15 is 0 Å². The minimum absolute atomic E-state index is 0.0915. The summed E-state index contributed by atoms with van der Waals surface area (Å²) in [4.78, 5) is 4.23. The third-order valence-corrected chi connectivity index (χ3v) is 3.66. The normalized spacial score (nSPS) is 10.4. The molecule has 3 nitrogen and oxygen atoms in total. The van der Waals surface area contributed by atoms with Crippen molar-refractivity contribution in [3.8, 4) is 12.3 Å². The second-order valence-electron chi connectivity index (χ2n) is 3.90. The standard InChI is InChI=1S/C14H13FN2OS/c1-2-7-17-13(9-18)8-16-14(17)19-10-11-3-5-12(15)6-4-11/h1,3-6,8,18H,7,9-10H2. The molecule has 0 aliphatic carbocycles. The second kappa shape index (κ2) is 6.41. The van der Waals surface area contributed by atoms with Crippen LogP contribution in [0.1, 0.15) is 11.3 Å². The largest absolute Gasteiger partial charge is 0.390 e. The van der Waals surface area contributed by atoms with E-state index in [0.29, 0.717) is 18.0 Å². The number of hydrogen-bond donors (Lipinski definition) is 1. The summed E-state index contributed by atoms with van der Waals surface area (Å²) in [5.74, 6) is 2.97. The average Bonchev–Trinajstić information content (AvgIpc) is 2.81. The number of aromatic nitrogens is 2. The highest BCUT2D eigenvalue weighted by atomic mass is 32.2. The van der Waals surface area contributed by atoms with Crippen molar-refractivity contribution in [3.05, 3.63) is 47.5 Å². The molecule has 0 radical (unpaired) electrons. The van der Waals surface area contributed by atoms with E-state index in [2.05, 4.69) is 10.9 Å². The van der Waals surface area contributed by atoms with Gasteiger partial charge in [0.25, 0.3) is 0 Å². The van der Waals surface area contributed by atoms with Crippen molar-refractivity contribution in [3.63, 3.8) is 0 Å². The van der Waals surface area contributed by atoms with Gasteiger partial charge in [0.05, 0.1) is 25.0 Å². The summed E-state index contributed by atoms with van der Waals surface area (Å²) in [6.07, 6.45) is 6.92. The van der Waals surface area contributed by atoms with Gasteiger partial charge in [0.15, 0.2) is 5.16 Å². The maximum Gasteiger partial charge on any atom is 0.169 e. The fourth-order valence-electron chi connectivity index (χ4n) is 1.62. The van der Waals surface area contributed by atoms with Gasteiger partial charge in [0.1, 0.15) is 5.82 Å². The van der Waals surface area contributed by atoms with E-state index in [1.54, 1.807) is 22.9 Å². The van der Waals surface area contributed by atoms with Gasteiger partial charge >= 0.3 is 0 Å². The van der Waals surface area contributed by atoms with Crippen LogP contribution in [-0.2, 0) is 18.9 Å². The first-order valence-corrected chi connectivity index (χ1v) is 6.69. The molecule has 2 rings (SSSR count). The number of aliphatic hydroxyl groups excluding tert-OH is 1. The fourth-order valence-corrected chi connectivity index (χ4v) is 2.58. The van der Waals surface area contributed by atoms with Gasteiger partial charge in [0.2, 0.25) is 0 Å². The monoisotopic (exact) mass is 276 g/mol. The SMILES string of the molecule is C#CCn1c(CO)cnc1SCc1ccc(F)cc1. The van der Waals surface area contributed by atoms with E-state index < -0.39 is 0 Å². The summed E-state index contributed by atoms with van der Waals surface area (Å²) < 4.78 is 14.6. The van der Waals surface area contributed by atoms with E-state index in [4.69, 9.17) is 6.42 Å². The highest BCUT2D eigenvalue weighted by Crippen LogP contribution is 2.23. The minimum atomic E-state index is -0.245. The number of benzene rings is 1. The molecule has 98 valence electrons. The first kappa shape index (κ1) is 13.7. The lowest BCUT2D eigenvalue weighted by Crippen LogP contribution is -2.03. The summed E-state index contributed by atoms with van der Waals surface area (Å²) in [7, 11) is 0. The van der Waals surface area contributed by atoms with Crippen LogP contribution in [0.5, 0.6) is 0 Å². The molecule has 0 fully saturated rings. The van der Waals surface area contributed by atoms with E-state index in [1.165, 1.54) is 23.9 Å². The van der Waals surface area contributed by atoms with Gasteiger partial charge in [-0.2, -0.15) is 0 Å². The number of rotatable bonds is 5. The van der Waals surface area contributed by atoms with Crippen molar-refractivity contribution in [2.45, 2.75) is 24.1 Å². The zero-order valence-corrected chi connectivity index (χ0v) is 11.0. The van der Waals surface area contributed by atoms with Gasteiger partial charge in [-0.15, -0.1) is 6.42 Å². The molecule has 0 aliphatic heterocycles. The van der Waals surface area contributed by atoms with Gasteiger partial charge in [-0.25, -0.2) is 9.37 Å². The lowest BCUT2D eigenvalue weighted by molar-refractivity contribution is 0.270. The van der Waals surface area contributed by atoms with E-state index in [1.807, 2.05) is 0 Å². The van der Waals surface area contributed by atoms with Crippen LogP contribution in [0.4, 0.5) is 4.39 Å². The molecule has 2 aromatic rings. The van der Waals surface area contributed by atoms with Crippen molar-refractivity contribution >= 4 is 11.8 Å². The van der Waals surface area contributed by atoms with Crippen LogP contribution in [0.15, 0.2) is 35.6 Å². The number of thioether (sulfide) groups is 1. The molecule has 1 aromatic carbocycles. The predicted molar refractivity (Wildman–Crippen MR) is 72.9 cm³/mol. The summed E-state index contributed by atoms with van der Waals surface area (Å²) in [6, 6.07) is 6.35. The molecule has 19 heavy (non-hydrogen) atoms. The lowest BCUT2D eigenvalue weighted by atomic mass is 10.2. The number of nitrogens with zero attached hydrogens (tertiary/aromatic N) is 2. The predicted octanol–water partition coefficient (Wildman–Crippen LogP) is 2.44. The number of halogens is 1. The van der Waals surface area contributed by atoms with Crippen LogP contribution in [0, 0.1) is 18.2 Å². The molecule has 0 bridgehead atoms. The maximum atomic E-state index is 12.8. The molecule has 5 heteroatoms. The van der Waals surface area contributed by atoms with Gasteiger partial charge in [-0.3, -0.25) is 0 Å². The smallest absolute Gasteiger partial charge is 0.169 e. The molecule has 0 amide bonds. The average molecular weight is 276 g/mol. The third-order valence-electron chi connectivity index (χ3n) is 2.59. The molecule has 1 N–H and O–H groups in total. The molecule has 1 aromatic heterocycles. The summed E-state index contributed by atoms with van der Waals surface area (Å²) >= 11 is 1.50. The maximum absolute atomic E-state index is 12.8. The number of hydrogen-bond acceptors (Lipinski definition) is 3. The molecule has 0 saturated carbocycles. The Morgan fingerprint density at radius 1 is 1.37 bits per heavy atom. The van der Waals surface area contributed by atoms with Crippen molar-refractivity contribution in [2.24, 2.45) is 0 Å². The van der Waals surface area contributed by atoms with Gasteiger partial charge in [-0.1, -0.05) is 29.8 Å².